The molecule has 0 saturated carbocycles. The van der Waals surface area contributed by atoms with Crippen molar-refractivity contribution >= 4 is 43.0 Å². The monoisotopic (exact) mass is 392 g/mol. The summed E-state index contributed by atoms with van der Waals surface area (Å²) in [7, 11) is -3.96. The van der Waals surface area contributed by atoms with Crippen molar-refractivity contribution < 1.29 is 12.8 Å². The van der Waals surface area contributed by atoms with Gasteiger partial charge in [0.1, 0.15) is 10.7 Å². The van der Waals surface area contributed by atoms with E-state index in [0.29, 0.717) is 22.3 Å². The minimum atomic E-state index is -3.96. The van der Waals surface area contributed by atoms with E-state index in [1.165, 1.54) is 17.4 Å². The highest BCUT2D eigenvalue weighted by Crippen LogP contribution is 2.26. The smallest absolute Gasteiger partial charge is 0.264 e. The van der Waals surface area contributed by atoms with E-state index in [1.54, 1.807) is 22.9 Å². The first-order chi connectivity index (χ1) is 9.94. The van der Waals surface area contributed by atoms with Crippen LogP contribution in [0.3, 0.4) is 0 Å². The molecule has 0 bridgehead atoms. The van der Waals surface area contributed by atoms with E-state index in [-0.39, 0.29) is 11.4 Å². The first-order valence-corrected chi connectivity index (χ1v) is 9.39. The van der Waals surface area contributed by atoms with Crippen molar-refractivity contribution in [3.63, 3.8) is 0 Å². The first-order valence-electron chi connectivity index (χ1n) is 6.17. The Morgan fingerprint density at radius 3 is 2.76 bits per heavy atom. The average molecular weight is 393 g/mol. The Morgan fingerprint density at radius 2 is 2.14 bits per heavy atom. The summed E-state index contributed by atoms with van der Waals surface area (Å²) in [6, 6.07) is 4.46. The summed E-state index contributed by atoms with van der Waals surface area (Å²) in [6.45, 7) is 2.83. The zero-order valence-electron chi connectivity index (χ0n) is 11.2. The molecular formula is C13H14BrFN2O2S2. The van der Waals surface area contributed by atoms with E-state index in [2.05, 4.69) is 26.0 Å². The summed E-state index contributed by atoms with van der Waals surface area (Å²) in [5.74, 6) is -0.734. The molecule has 2 rings (SSSR count). The molecule has 1 aromatic carbocycles. The molecule has 1 aromatic heterocycles. The van der Waals surface area contributed by atoms with Gasteiger partial charge in [0, 0.05) is 22.0 Å². The van der Waals surface area contributed by atoms with Gasteiger partial charge < -0.3 is 5.32 Å². The van der Waals surface area contributed by atoms with Crippen molar-refractivity contribution in [2.75, 3.05) is 11.3 Å². The predicted molar refractivity (Wildman–Crippen MR) is 86.6 cm³/mol. The Hall–Kier alpha value is -0.960. The third-order valence-corrected chi connectivity index (χ3v) is 5.23. The van der Waals surface area contributed by atoms with E-state index < -0.39 is 15.8 Å². The average Bonchev–Trinajstić information content (AvgIpc) is 2.91. The molecule has 4 nitrogen and oxygen atoms in total. The molecule has 0 aliphatic rings. The minimum Gasteiger partial charge on any atom is -0.313 e. The summed E-state index contributed by atoms with van der Waals surface area (Å²) in [6.07, 6.45) is 0. The number of hydrogen-bond donors (Lipinski definition) is 2. The van der Waals surface area contributed by atoms with Crippen molar-refractivity contribution in [1.29, 1.82) is 0 Å². The molecule has 0 aliphatic heterocycles. The van der Waals surface area contributed by atoms with Gasteiger partial charge in [-0.1, -0.05) is 22.9 Å². The Kier molecular flexibility index (Phi) is 5.37. The van der Waals surface area contributed by atoms with Gasteiger partial charge in [0.05, 0.1) is 5.69 Å². The van der Waals surface area contributed by atoms with Crippen molar-refractivity contribution in [2.45, 2.75) is 18.4 Å². The van der Waals surface area contributed by atoms with Gasteiger partial charge in [0.25, 0.3) is 10.0 Å². The molecule has 0 unspecified atom stereocenters. The molecule has 0 spiro atoms. The molecule has 1 heterocycles. The van der Waals surface area contributed by atoms with Crippen molar-refractivity contribution in [1.82, 2.24) is 5.32 Å². The van der Waals surface area contributed by atoms with Gasteiger partial charge in [0.2, 0.25) is 0 Å². The standard InChI is InChI=1S/C13H14BrFN2O2S2/c1-2-16-7-9-5-10(14)6-12(13(9)15)21(18,19)17-11-3-4-20-8-11/h3-6,8,16-17H,2,7H2,1H3. The van der Waals surface area contributed by atoms with Crippen molar-refractivity contribution in [2.24, 2.45) is 0 Å². The lowest BCUT2D eigenvalue weighted by Crippen LogP contribution is -2.18. The summed E-state index contributed by atoms with van der Waals surface area (Å²) in [5.41, 5.74) is 0.726. The highest BCUT2D eigenvalue weighted by atomic mass is 79.9. The number of sulfonamides is 1. The molecule has 0 radical (unpaired) electrons. The van der Waals surface area contributed by atoms with Crippen LogP contribution in [0.4, 0.5) is 10.1 Å². The second-order valence-electron chi connectivity index (χ2n) is 4.27. The van der Waals surface area contributed by atoms with Gasteiger partial charge >= 0.3 is 0 Å². The minimum absolute atomic E-state index is 0.267. The highest BCUT2D eigenvalue weighted by Gasteiger charge is 2.22. The maximum Gasteiger partial charge on any atom is 0.264 e. The molecule has 0 atom stereocenters. The number of thiophene rings is 1. The number of halogens is 2. The lowest BCUT2D eigenvalue weighted by molar-refractivity contribution is 0.552. The van der Waals surface area contributed by atoms with Crippen LogP contribution in [0.2, 0.25) is 0 Å². The van der Waals surface area contributed by atoms with E-state index in [1.807, 2.05) is 6.92 Å². The van der Waals surface area contributed by atoms with Gasteiger partial charge in [-0.25, -0.2) is 12.8 Å². The van der Waals surface area contributed by atoms with E-state index >= 15 is 0 Å². The molecule has 0 fully saturated rings. The number of hydrogen-bond acceptors (Lipinski definition) is 4. The van der Waals surface area contributed by atoms with Crippen molar-refractivity contribution in [3.05, 3.63) is 44.8 Å². The topological polar surface area (TPSA) is 58.2 Å². The third-order valence-electron chi connectivity index (χ3n) is 2.71. The Bertz CT molecular complexity index is 718. The second kappa shape index (κ2) is 6.87. The molecule has 0 amide bonds. The van der Waals surface area contributed by atoms with Gasteiger partial charge in [-0.05, 0) is 30.1 Å². The summed E-state index contributed by atoms with van der Waals surface area (Å²) in [4.78, 5) is -0.365. The van der Waals surface area contributed by atoms with Crippen LogP contribution in [0.25, 0.3) is 0 Å². The lowest BCUT2D eigenvalue weighted by Gasteiger charge is -2.11. The molecule has 8 heteroatoms. The zero-order valence-corrected chi connectivity index (χ0v) is 14.4. The fourth-order valence-electron chi connectivity index (χ4n) is 1.73. The Morgan fingerprint density at radius 1 is 1.38 bits per heavy atom. The molecule has 2 N–H and O–H groups in total. The van der Waals surface area contributed by atoms with Crippen LogP contribution in [-0.2, 0) is 16.6 Å². The summed E-state index contributed by atoms with van der Waals surface area (Å²) < 4.78 is 41.9. The Balaban J connectivity index is 2.40. The number of nitrogens with one attached hydrogen (secondary N) is 2. The Labute approximate surface area is 135 Å². The zero-order chi connectivity index (χ0) is 15.5. The van der Waals surface area contributed by atoms with Crippen LogP contribution in [0.1, 0.15) is 12.5 Å². The van der Waals surface area contributed by atoms with E-state index in [4.69, 9.17) is 0 Å². The SMILES string of the molecule is CCNCc1cc(Br)cc(S(=O)(=O)Nc2ccsc2)c1F. The highest BCUT2D eigenvalue weighted by molar-refractivity contribution is 9.10. The molecular weight excluding hydrogens is 379 g/mol. The van der Waals surface area contributed by atoms with Crippen LogP contribution in [0, 0.1) is 5.82 Å². The summed E-state index contributed by atoms with van der Waals surface area (Å²) >= 11 is 4.58. The van der Waals surface area contributed by atoms with Crippen LogP contribution in [-0.4, -0.2) is 15.0 Å². The van der Waals surface area contributed by atoms with E-state index in [9.17, 15) is 12.8 Å². The molecule has 2 aromatic rings. The fourth-order valence-corrected chi connectivity index (χ4v) is 4.25. The maximum absolute atomic E-state index is 14.4. The van der Waals surface area contributed by atoms with Crippen LogP contribution < -0.4 is 10.0 Å². The largest absolute Gasteiger partial charge is 0.313 e. The van der Waals surface area contributed by atoms with Crippen LogP contribution in [0.5, 0.6) is 0 Å². The quantitative estimate of drug-likeness (QED) is 0.789. The third kappa shape index (κ3) is 4.03. The van der Waals surface area contributed by atoms with Gasteiger partial charge in [0.15, 0.2) is 0 Å². The molecule has 21 heavy (non-hydrogen) atoms. The first kappa shape index (κ1) is 16.4. The van der Waals surface area contributed by atoms with Gasteiger partial charge in [-0.3, -0.25) is 4.72 Å². The molecule has 0 aliphatic carbocycles. The number of anilines is 1. The number of benzene rings is 1. The molecule has 114 valence electrons. The van der Waals surface area contributed by atoms with Gasteiger partial charge in [-0.15, -0.1) is 0 Å². The second-order valence-corrected chi connectivity index (χ2v) is 7.62. The van der Waals surface area contributed by atoms with Crippen LogP contribution >= 0.6 is 27.3 Å². The van der Waals surface area contributed by atoms with Crippen molar-refractivity contribution in [3.8, 4) is 0 Å². The van der Waals surface area contributed by atoms with E-state index in [0.717, 1.165) is 0 Å². The van der Waals surface area contributed by atoms with Gasteiger partial charge in [-0.2, -0.15) is 11.3 Å². The number of rotatable bonds is 6. The van der Waals surface area contributed by atoms with Crippen LogP contribution in [0.15, 0.2) is 38.3 Å². The summed E-state index contributed by atoms with van der Waals surface area (Å²) in [5, 5.41) is 6.37. The normalized spacial score (nSPS) is 11.6. The lowest BCUT2D eigenvalue weighted by atomic mass is 10.2. The predicted octanol–water partition coefficient (Wildman–Crippen LogP) is 3.56. The molecule has 0 saturated heterocycles. The maximum atomic E-state index is 14.4. The fraction of sp³-hybridized carbons (Fsp3) is 0.231.